The molecule has 1 saturated heterocycles. The maximum Gasteiger partial charge on any atom is 0.191 e. The Morgan fingerprint density at radius 1 is 1.16 bits per heavy atom. The summed E-state index contributed by atoms with van der Waals surface area (Å²) in [5.41, 5.74) is 1.09. The average molecular weight is 428 g/mol. The van der Waals surface area contributed by atoms with Crippen molar-refractivity contribution in [3.8, 4) is 17.2 Å². The summed E-state index contributed by atoms with van der Waals surface area (Å²) in [6.45, 7) is 7.60. The second-order valence-electron chi connectivity index (χ2n) is 7.46. The van der Waals surface area contributed by atoms with Crippen LogP contribution in [0.3, 0.4) is 0 Å². The maximum atomic E-state index is 5.93. The number of para-hydroxylation sites is 2. The Balaban J connectivity index is 1.52. The fourth-order valence-corrected chi connectivity index (χ4v) is 3.18. The molecule has 0 aromatic heterocycles. The molecule has 2 N–H and O–H groups in total. The first-order valence-corrected chi connectivity index (χ1v) is 10.8. The molecule has 7 heteroatoms. The first-order valence-electron chi connectivity index (χ1n) is 10.8. The SMILES string of the molecule is CCNC(=NCc1ccc(Oc2ccccc2OC)cc1)NC(C)COC1CCOC1. The standard InChI is InChI=1S/C24H33N3O4/c1-4-25-24(27-18(2)16-30-21-13-14-29-17-21)26-15-19-9-11-20(12-10-19)31-23-8-6-5-7-22(23)28-3/h5-12,18,21H,4,13-17H2,1-3H3,(H2,25,26,27). The topological polar surface area (TPSA) is 73.3 Å². The molecule has 0 aliphatic carbocycles. The van der Waals surface area contributed by atoms with Crippen molar-refractivity contribution in [2.75, 3.05) is 33.5 Å². The van der Waals surface area contributed by atoms with E-state index in [4.69, 9.17) is 23.9 Å². The van der Waals surface area contributed by atoms with Crippen molar-refractivity contribution >= 4 is 5.96 Å². The van der Waals surface area contributed by atoms with Gasteiger partial charge in [-0.1, -0.05) is 24.3 Å². The van der Waals surface area contributed by atoms with Gasteiger partial charge >= 0.3 is 0 Å². The molecule has 3 rings (SSSR count). The molecule has 0 spiro atoms. The molecule has 1 aliphatic heterocycles. The summed E-state index contributed by atoms with van der Waals surface area (Å²) in [5, 5.41) is 6.69. The number of benzene rings is 2. The first-order chi connectivity index (χ1) is 15.2. The van der Waals surface area contributed by atoms with Crippen LogP contribution in [0.4, 0.5) is 0 Å². The lowest BCUT2D eigenvalue weighted by molar-refractivity contribution is 0.0347. The lowest BCUT2D eigenvalue weighted by Crippen LogP contribution is -2.44. The summed E-state index contributed by atoms with van der Waals surface area (Å²) in [7, 11) is 1.63. The Morgan fingerprint density at radius 2 is 1.94 bits per heavy atom. The highest BCUT2D eigenvalue weighted by atomic mass is 16.5. The van der Waals surface area contributed by atoms with Crippen molar-refractivity contribution in [2.24, 2.45) is 4.99 Å². The van der Waals surface area contributed by atoms with Gasteiger partial charge in [-0.15, -0.1) is 0 Å². The highest BCUT2D eigenvalue weighted by molar-refractivity contribution is 5.80. The molecule has 1 aliphatic rings. The fraction of sp³-hybridized carbons (Fsp3) is 0.458. The predicted octanol–water partition coefficient (Wildman–Crippen LogP) is 3.74. The quantitative estimate of drug-likeness (QED) is 0.445. The number of rotatable bonds is 10. The lowest BCUT2D eigenvalue weighted by atomic mass is 10.2. The van der Waals surface area contributed by atoms with Crippen LogP contribution < -0.4 is 20.1 Å². The fourth-order valence-electron chi connectivity index (χ4n) is 3.18. The zero-order valence-corrected chi connectivity index (χ0v) is 18.6. The highest BCUT2D eigenvalue weighted by Crippen LogP contribution is 2.30. The summed E-state index contributed by atoms with van der Waals surface area (Å²) >= 11 is 0. The van der Waals surface area contributed by atoms with Crippen molar-refractivity contribution in [2.45, 2.75) is 39.0 Å². The molecule has 7 nitrogen and oxygen atoms in total. The van der Waals surface area contributed by atoms with Crippen molar-refractivity contribution in [1.82, 2.24) is 10.6 Å². The van der Waals surface area contributed by atoms with E-state index in [2.05, 4.69) is 24.5 Å². The van der Waals surface area contributed by atoms with Crippen LogP contribution in [0.25, 0.3) is 0 Å². The number of aliphatic imine (C=N–C) groups is 1. The largest absolute Gasteiger partial charge is 0.493 e. The van der Waals surface area contributed by atoms with E-state index >= 15 is 0 Å². The second-order valence-corrected chi connectivity index (χ2v) is 7.46. The molecule has 0 radical (unpaired) electrons. The zero-order chi connectivity index (χ0) is 21.9. The van der Waals surface area contributed by atoms with E-state index in [0.29, 0.717) is 31.3 Å². The molecule has 2 aromatic carbocycles. The van der Waals surface area contributed by atoms with Crippen LogP contribution in [0.5, 0.6) is 17.2 Å². The van der Waals surface area contributed by atoms with Gasteiger partial charge in [-0.25, -0.2) is 4.99 Å². The Hall–Kier alpha value is -2.77. The normalized spacial score (nSPS) is 17.3. The molecule has 1 heterocycles. The van der Waals surface area contributed by atoms with Gasteiger partial charge in [0.1, 0.15) is 5.75 Å². The van der Waals surface area contributed by atoms with Gasteiger partial charge in [0.25, 0.3) is 0 Å². The number of hydrogen-bond acceptors (Lipinski definition) is 5. The van der Waals surface area contributed by atoms with Gasteiger partial charge in [0.05, 0.1) is 33.0 Å². The minimum atomic E-state index is 0.148. The van der Waals surface area contributed by atoms with Crippen LogP contribution in [0, 0.1) is 0 Å². The van der Waals surface area contributed by atoms with Crippen molar-refractivity contribution in [3.63, 3.8) is 0 Å². The molecular weight excluding hydrogens is 394 g/mol. The number of nitrogens with zero attached hydrogens (tertiary/aromatic N) is 1. The van der Waals surface area contributed by atoms with Crippen LogP contribution in [-0.2, 0) is 16.0 Å². The van der Waals surface area contributed by atoms with Gasteiger partial charge < -0.3 is 29.6 Å². The molecule has 2 unspecified atom stereocenters. The number of nitrogens with one attached hydrogen (secondary N) is 2. The summed E-state index contributed by atoms with van der Waals surface area (Å²) in [4.78, 5) is 4.70. The Kier molecular flexibility index (Phi) is 8.99. The Labute approximate surface area is 184 Å². The maximum absolute atomic E-state index is 5.93. The minimum absolute atomic E-state index is 0.148. The summed E-state index contributed by atoms with van der Waals surface area (Å²) in [6, 6.07) is 15.7. The smallest absolute Gasteiger partial charge is 0.191 e. The molecule has 0 saturated carbocycles. The molecular formula is C24H33N3O4. The van der Waals surface area contributed by atoms with Crippen LogP contribution in [-0.4, -0.2) is 51.6 Å². The number of ether oxygens (including phenoxy) is 4. The summed E-state index contributed by atoms with van der Waals surface area (Å²) in [5.74, 6) is 2.92. The van der Waals surface area contributed by atoms with Crippen LogP contribution >= 0.6 is 0 Å². The molecule has 2 atom stereocenters. The molecule has 168 valence electrons. The van der Waals surface area contributed by atoms with Gasteiger partial charge in [0.2, 0.25) is 0 Å². The van der Waals surface area contributed by atoms with E-state index in [1.165, 1.54) is 0 Å². The summed E-state index contributed by atoms with van der Waals surface area (Å²) < 4.78 is 22.5. The molecule has 1 fully saturated rings. The van der Waals surface area contributed by atoms with E-state index in [0.717, 1.165) is 36.8 Å². The van der Waals surface area contributed by atoms with Crippen LogP contribution in [0.2, 0.25) is 0 Å². The van der Waals surface area contributed by atoms with Crippen LogP contribution in [0.1, 0.15) is 25.8 Å². The molecule has 0 amide bonds. The molecule has 2 aromatic rings. The number of methoxy groups -OCH3 is 1. The monoisotopic (exact) mass is 427 g/mol. The number of guanidine groups is 1. The third-order valence-electron chi connectivity index (χ3n) is 4.84. The van der Waals surface area contributed by atoms with Gasteiger partial charge in [0.15, 0.2) is 17.5 Å². The second kappa shape index (κ2) is 12.2. The van der Waals surface area contributed by atoms with Crippen molar-refractivity contribution < 1.29 is 18.9 Å². The summed E-state index contributed by atoms with van der Waals surface area (Å²) in [6.07, 6.45) is 1.18. The van der Waals surface area contributed by atoms with E-state index in [-0.39, 0.29) is 12.1 Å². The number of hydrogen-bond donors (Lipinski definition) is 2. The van der Waals surface area contributed by atoms with Crippen molar-refractivity contribution in [1.29, 1.82) is 0 Å². The highest BCUT2D eigenvalue weighted by Gasteiger charge is 2.17. The molecule has 31 heavy (non-hydrogen) atoms. The van der Waals surface area contributed by atoms with E-state index in [1.807, 2.05) is 48.5 Å². The zero-order valence-electron chi connectivity index (χ0n) is 18.6. The van der Waals surface area contributed by atoms with E-state index in [9.17, 15) is 0 Å². The third kappa shape index (κ3) is 7.45. The van der Waals surface area contributed by atoms with Gasteiger partial charge in [-0.2, -0.15) is 0 Å². The minimum Gasteiger partial charge on any atom is -0.493 e. The molecule has 0 bridgehead atoms. The van der Waals surface area contributed by atoms with E-state index in [1.54, 1.807) is 7.11 Å². The average Bonchev–Trinajstić information content (AvgIpc) is 3.31. The van der Waals surface area contributed by atoms with E-state index < -0.39 is 0 Å². The van der Waals surface area contributed by atoms with Gasteiger partial charge in [0, 0.05) is 19.2 Å². The van der Waals surface area contributed by atoms with Gasteiger partial charge in [-0.05, 0) is 50.1 Å². The van der Waals surface area contributed by atoms with Crippen molar-refractivity contribution in [3.05, 3.63) is 54.1 Å². The third-order valence-corrected chi connectivity index (χ3v) is 4.84. The predicted molar refractivity (Wildman–Crippen MR) is 122 cm³/mol. The Morgan fingerprint density at radius 3 is 2.61 bits per heavy atom. The van der Waals surface area contributed by atoms with Gasteiger partial charge in [-0.3, -0.25) is 0 Å². The Bertz CT molecular complexity index is 820. The first kappa shape index (κ1) is 22.9. The lowest BCUT2D eigenvalue weighted by Gasteiger charge is -2.19. The van der Waals surface area contributed by atoms with Crippen LogP contribution in [0.15, 0.2) is 53.5 Å².